The lowest BCUT2D eigenvalue weighted by atomic mass is 10.2. The molecule has 3 heterocycles. The van der Waals surface area contributed by atoms with E-state index in [0.29, 0.717) is 6.10 Å². The standard InChI is InChI=1S/C12H15N5OS/c1-8-5-14-10(7-13-8)11-16-17-12(19-11)15-6-9-3-2-4-18-9/h5,7,9H,2-4,6H2,1H3,(H,15,17)/t9-/m0/s1. The number of nitrogens with zero attached hydrogens (tertiary/aromatic N) is 4. The number of aryl methyl sites for hydroxylation is 1. The minimum absolute atomic E-state index is 0.298. The summed E-state index contributed by atoms with van der Waals surface area (Å²) in [6.45, 7) is 3.56. The van der Waals surface area contributed by atoms with Gasteiger partial charge in [0.1, 0.15) is 5.69 Å². The van der Waals surface area contributed by atoms with Crippen LogP contribution in [-0.4, -0.2) is 39.4 Å². The molecule has 0 aliphatic carbocycles. The van der Waals surface area contributed by atoms with Gasteiger partial charge in [0, 0.05) is 19.3 Å². The van der Waals surface area contributed by atoms with Crippen LogP contribution in [0.3, 0.4) is 0 Å². The maximum Gasteiger partial charge on any atom is 0.206 e. The molecule has 0 unspecified atom stereocenters. The Kier molecular flexibility index (Phi) is 3.65. The lowest BCUT2D eigenvalue weighted by Crippen LogP contribution is -2.18. The van der Waals surface area contributed by atoms with E-state index in [1.165, 1.54) is 11.3 Å². The van der Waals surface area contributed by atoms with Gasteiger partial charge in [-0.05, 0) is 19.8 Å². The molecule has 2 aromatic rings. The molecule has 2 aromatic heterocycles. The molecular formula is C12H15N5OS. The van der Waals surface area contributed by atoms with Crippen LogP contribution < -0.4 is 5.32 Å². The molecule has 6 nitrogen and oxygen atoms in total. The molecular weight excluding hydrogens is 262 g/mol. The molecule has 19 heavy (non-hydrogen) atoms. The normalized spacial score (nSPS) is 18.7. The molecule has 1 aliphatic rings. The zero-order valence-corrected chi connectivity index (χ0v) is 11.5. The van der Waals surface area contributed by atoms with Gasteiger partial charge in [0.25, 0.3) is 0 Å². The number of anilines is 1. The summed E-state index contributed by atoms with van der Waals surface area (Å²) >= 11 is 1.48. The van der Waals surface area contributed by atoms with Crippen molar-refractivity contribution in [1.82, 2.24) is 20.2 Å². The van der Waals surface area contributed by atoms with E-state index in [0.717, 1.165) is 47.5 Å². The van der Waals surface area contributed by atoms with Gasteiger partial charge in [0.2, 0.25) is 5.13 Å². The van der Waals surface area contributed by atoms with E-state index >= 15 is 0 Å². The fourth-order valence-electron chi connectivity index (χ4n) is 1.91. The van der Waals surface area contributed by atoms with Crippen LogP contribution in [0.2, 0.25) is 0 Å². The molecule has 1 saturated heterocycles. The summed E-state index contributed by atoms with van der Waals surface area (Å²) in [7, 11) is 0. The van der Waals surface area contributed by atoms with Gasteiger partial charge in [-0.15, -0.1) is 10.2 Å². The molecule has 0 spiro atoms. The van der Waals surface area contributed by atoms with Gasteiger partial charge in [-0.1, -0.05) is 11.3 Å². The Bertz CT molecular complexity index is 535. The summed E-state index contributed by atoms with van der Waals surface area (Å²) in [4.78, 5) is 8.50. The van der Waals surface area contributed by atoms with Crippen molar-refractivity contribution < 1.29 is 4.74 Å². The van der Waals surface area contributed by atoms with Gasteiger partial charge in [0.15, 0.2) is 5.01 Å². The minimum atomic E-state index is 0.298. The SMILES string of the molecule is Cc1cnc(-c2nnc(NC[C@@H]3CCCO3)s2)cn1. The third kappa shape index (κ3) is 3.05. The molecule has 0 bridgehead atoms. The first-order chi connectivity index (χ1) is 9.31. The summed E-state index contributed by atoms with van der Waals surface area (Å²) in [6, 6.07) is 0. The summed E-state index contributed by atoms with van der Waals surface area (Å²) in [5, 5.41) is 13.1. The number of rotatable bonds is 4. The van der Waals surface area contributed by atoms with Crippen LogP contribution >= 0.6 is 11.3 Å². The highest BCUT2D eigenvalue weighted by Crippen LogP contribution is 2.24. The molecule has 0 amide bonds. The molecule has 1 aliphatic heterocycles. The second kappa shape index (κ2) is 5.58. The largest absolute Gasteiger partial charge is 0.376 e. The van der Waals surface area contributed by atoms with Gasteiger partial charge in [-0.2, -0.15) is 0 Å². The van der Waals surface area contributed by atoms with Gasteiger partial charge in [-0.3, -0.25) is 9.97 Å². The Labute approximate surface area is 115 Å². The van der Waals surface area contributed by atoms with Crippen LogP contribution in [-0.2, 0) is 4.74 Å². The number of nitrogens with one attached hydrogen (secondary N) is 1. The van der Waals surface area contributed by atoms with Crippen molar-refractivity contribution >= 4 is 16.5 Å². The molecule has 3 rings (SSSR count). The van der Waals surface area contributed by atoms with Gasteiger partial charge in [-0.25, -0.2) is 0 Å². The molecule has 1 atom stereocenters. The molecule has 0 aromatic carbocycles. The molecule has 7 heteroatoms. The topological polar surface area (TPSA) is 72.8 Å². The van der Waals surface area contributed by atoms with Crippen molar-refractivity contribution in [1.29, 1.82) is 0 Å². The van der Waals surface area contributed by atoms with E-state index in [1.807, 2.05) is 6.92 Å². The smallest absolute Gasteiger partial charge is 0.206 e. The first-order valence-corrected chi connectivity index (χ1v) is 7.11. The van der Waals surface area contributed by atoms with Crippen LogP contribution in [0.25, 0.3) is 10.7 Å². The van der Waals surface area contributed by atoms with Crippen molar-refractivity contribution in [2.45, 2.75) is 25.9 Å². The van der Waals surface area contributed by atoms with Crippen molar-refractivity contribution in [2.24, 2.45) is 0 Å². The van der Waals surface area contributed by atoms with E-state index in [4.69, 9.17) is 4.74 Å². The predicted molar refractivity (Wildman–Crippen MR) is 73.1 cm³/mol. The van der Waals surface area contributed by atoms with Crippen LogP contribution in [0.4, 0.5) is 5.13 Å². The Morgan fingerprint density at radius 1 is 1.37 bits per heavy atom. The van der Waals surface area contributed by atoms with E-state index in [1.54, 1.807) is 12.4 Å². The first kappa shape index (κ1) is 12.4. The highest BCUT2D eigenvalue weighted by atomic mass is 32.1. The van der Waals surface area contributed by atoms with Crippen LogP contribution in [0.15, 0.2) is 12.4 Å². The highest BCUT2D eigenvalue weighted by Gasteiger charge is 2.16. The highest BCUT2D eigenvalue weighted by molar-refractivity contribution is 7.18. The van der Waals surface area contributed by atoms with Crippen LogP contribution in [0.5, 0.6) is 0 Å². The van der Waals surface area contributed by atoms with Crippen molar-refractivity contribution in [3.05, 3.63) is 18.1 Å². The second-order valence-corrected chi connectivity index (χ2v) is 5.45. The van der Waals surface area contributed by atoms with Crippen molar-refractivity contribution in [3.63, 3.8) is 0 Å². The number of aromatic nitrogens is 4. The van der Waals surface area contributed by atoms with E-state index in [9.17, 15) is 0 Å². The summed E-state index contributed by atoms with van der Waals surface area (Å²) < 4.78 is 5.55. The lowest BCUT2D eigenvalue weighted by molar-refractivity contribution is 0.120. The van der Waals surface area contributed by atoms with Gasteiger partial charge < -0.3 is 10.1 Å². The number of hydrogen-bond acceptors (Lipinski definition) is 7. The van der Waals surface area contributed by atoms with Crippen molar-refractivity contribution in [2.75, 3.05) is 18.5 Å². The average Bonchev–Trinajstić information content (AvgIpc) is 3.09. The Balaban J connectivity index is 1.63. The molecule has 1 N–H and O–H groups in total. The average molecular weight is 277 g/mol. The zero-order valence-electron chi connectivity index (χ0n) is 10.7. The third-order valence-corrected chi connectivity index (χ3v) is 3.83. The summed E-state index contributed by atoms with van der Waals surface area (Å²) in [6.07, 6.45) is 6.01. The Morgan fingerprint density at radius 2 is 2.32 bits per heavy atom. The monoisotopic (exact) mass is 277 g/mol. The number of ether oxygens (including phenoxy) is 1. The molecule has 1 fully saturated rings. The summed E-state index contributed by atoms with van der Waals surface area (Å²) in [5.41, 5.74) is 1.65. The van der Waals surface area contributed by atoms with Crippen LogP contribution in [0, 0.1) is 6.92 Å². The summed E-state index contributed by atoms with van der Waals surface area (Å²) in [5.74, 6) is 0. The van der Waals surface area contributed by atoms with E-state index < -0.39 is 0 Å². The fourth-order valence-corrected chi connectivity index (χ4v) is 2.62. The van der Waals surface area contributed by atoms with Gasteiger partial charge in [0.05, 0.1) is 18.0 Å². The first-order valence-electron chi connectivity index (χ1n) is 6.29. The van der Waals surface area contributed by atoms with Crippen molar-refractivity contribution in [3.8, 4) is 10.7 Å². The van der Waals surface area contributed by atoms with Gasteiger partial charge >= 0.3 is 0 Å². The maximum atomic E-state index is 5.55. The molecule has 0 saturated carbocycles. The third-order valence-electron chi connectivity index (χ3n) is 2.93. The fraction of sp³-hybridized carbons (Fsp3) is 0.500. The quantitative estimate of drug-likeness (QED) is 0.920. The minimum Gasteiger partial charge on any atom is -0.376 e. The van der Waals surface area contributed by atoms with E-state index in [-0.39, 0.29) is 0 Å². The predicted octanol–water partition coefficient (Wildman–Crippen LogP) is 1.89. The molecule has 0 radical (unpaired) electrons. The van der Waals surface area contributed by atoms with Crippen LogP contribution in [0.1, 0.15) is 18.5 Å². The molecule has 100 valence electrons. The van der Waals surface area contributed by atoms with E-state index in [2.05, 4.69) is 25.5 Å². The lowest BCUT2D eigenvalue weighted by Gasteiger charge is -2.08. The zero-order chi connectivity index (χ0) is 13.1. The maximum absolute atomic E-state index is 5.55. The second-order valence-electron chi connectivity index (χ2n) is 4.47. The Hall–Kier alpha value is -1.60. The number of hydrogen-bond donors (Lipinski definition) is 1. The Morgan fingerprint density at radius 3 is 3.05 bits per heavy atom.